The molecular formula is C16H23N3. The average Bonchev–Trinajstić information content (AvgIpc) is 2.67. The second-order valence-corrected chi connectivity index (χ2v) is 5.87. The van der Waals surface area contributed by atoms with E-state index in [0.29, 0.717) is 6.04 Å². The number of nitrogens with one attached hydrogen (secondary N) is 1. The lowest BCUT2D eigenvalue weighted by Crippen LogP contribution is -2.43. The van der Waals surface area contributed by atoms with Crippen LogP contribution in [0.15, 0.2) is 18.3 Å². The van der Waals surface area contributed by atoms with Crippen LogP contribution in [0.3, 0.4) is 0 Å². The van der Waals surface area contributed by atoms with E-state index in [1.54, 1.807) is 0 Å². The van der Waals surface area contributed by atoms with Crippen molar-refractivity contribution in [3.8, 4) is 0 Å². The van der Waals surface area contributed by atoms with Gasteiger partial charge in [0.2, 0.25) is 0 Å². The largest absolute Gasteiger partial charge is 0.350 e. The zero-order valence-corrected chi connectivity index (χ0v) is 12.3. The molecule has 1 aromatic heterocycles. The fraction of sp³-hybridized carbons (Fsp3) is 0.500. The van der Waals surface area contributed by atoms with Crippen molar-refractivity contribution in [3.63, 3.8) is 0 Å². The maximum Gasteiger partial charge on any atom is 0.0511 e. The molecule has 1 aromatic carbocycles. The molecule has 0 spiro atoms. The molecule has 3 nitrogen and oxygen atoms in total. The van der Waals surface area contributed by atoms with Crippen molar-refractivity contribution in [2.45, 2.75) is 19.9 Å². The first-order valence-corrected chi connectivity index (χ1v) is 7.05. The van der Waals surface area contributed by atoms with Crippen LogP contribution in [0.1, 0.15) is 22.7 Å². The third-order valence-corrected chi connectivity index (χ3v) is 4.31. The van der Waals surface area contributed by atoms with E-state index < -0.39 is 0 Å². The summed E-state index contributed by atoms with van der Waals surface area (Å²) in [5.74, 6) is 0. The van der Waals surface area contributed by atoms with Gasteiger partial charge in [-0.3, -0.25) is 4.90 Å². The Labute approximate surface area is 115 Å². The summed E-state index contributed by atoms with van der Waals surface area (Å²) in [6.45, 7) is 7.65. The van der Waals surface area contributed by atoms with Crippen molar-refractivity contribution in [3.05, 3.63) is 35.0 Å². The fourth-order valence-electron chi connectivity index (χ4n) is 3.41. The minimum absolute atomic E-state index is 0.485. The van der Waals surface area contributed by atoms with Gasteiger partial charge in [-0.25, -0.2) is 0 Å². The molecule has 3 heteroatoms. The fourth-order valence-corrected chi connectivity index (χ4v) is 3.41. The monoisotopic (exact) mass is 257 g/mol. The number of hydrogen-bond acceptors (Lipinski definition) is 2. The Hall–Kier alpha value is -1.32. The molecule has 1 atom stereocenters. The first-order valence-electron chi connectivity index (χ1n) is 7.05. The number of benzene rings is 1. The topological polar surface area (TPSA) is 20.2 Å². The minimum atomic E-state index is 0.485. The Bertz CT molecular complexity index is 612. The third-order valence-electron chi connectivity index (χ3n) is 4.31. The van der Waals surface area contributed by atoms with Crippen LogP contribution in [0.4, 0.5) is 0 Å². The van der Waals surface area contributed by atoms with E-state index >= 15 is 0 Å². The van der Waals surface area contributed by atoms with Crippen LogP contribution >= 0.6 is 0 Å². The number of nitrogens with zero attached hydrogens (tertiary/aromatic N) is 2. The van der Waals surface area contributed by atoms with Gasteiger partial charge in [-0.2, -0.15) is 0 Å². The maximum absolute atomic E-state index is 3.52. The van der Waals surface area contributed by atoms with Crippen molar-refractivity contribution < 1.29 is 0 Å². The van der Waals surface area contributed by atoms with Crippen LogP contribution in [-0.2, 0) is 7.05 Å². The van der Waals surface area contributed by atoms with Crippen LogP contribution < -0.4 is 5.32 Å². The van der Waals surface area contributed by atoms with Gasteiger partial charge >= 0.3 is 0 Å². The van der Waals surface area contributed by atoms with Crippen molar-refractivity contribution in [1.29, 1.82) is 0 Å². The Balaban J connectivity index is 2.18. The van der Waals surface area contributed by atoms with Gasteiger partial charge in [0, 0.05) is 44.3 Å². The van der Waals surface area contributed by atoms with Gasteiger partial charge in [0.25, 0.3) is 0 Å². The van der Waals surface area contributed by atoms with E-state index in [1.165, 1.54) is 27.6 Å². The molecule has 2 aromatic rings. The van der Waals surface area contributed by atoms with E-state index in [2.05, 4.69) is 61.1 Å². The van der Waals surface area contributed by atoms with E-state index in [-0.39, 0.29) is 0 Å². The Morgan fingerprint density at radius 3 is 2.74 bits per heavy atom. The van der Waals surface area contributed by atoms with E-state index in [1.807, 2.05) is 0 Å². The highest BCUT2D eigenvalue weighted by Crippen LogP contribution is 2.32. The Morgan fingerprint density at radius 2 is 2.00 bits per heavy atom. The van der Waals surface area contributed by atoms with E-state index in [9.17, 15) is 0 Å². The molecule has 1 N–H and O–H groups in total. The van der Waals surface area contributed by atoms with Gasteiger partial charge in [0.1, 0.15) is 0 Å². The molecule has 1 unspecified atom stereocenters. The number of aryl methyl sites for hydroxylation is 3. The lowest BCUT2D eigenvalue weighted by atomic mass is 10.00. The normalized spacial score (nSPS) is 21.2. The summed E-state index contributed by atoms with van der Waals surface area (Å²) >= 11 is 0. The van der Waals surface area contributed by atoms with Crippen LogP contribution in [0, 0.1) is 13.8 Å². The molecule has 0 aliphatic carbocycles. The number of hydrogen-bond donors (Lipinski definition) is 1. The quantitative estimate of drug-likeness (QED) is 0.846. The Kier molecular flexibility index (Phi) is 3.11. The van der Waals surface area contributed by atoms with Crippen molar-refractivity contribution in [2.75, 3.05) is 26.7 Å². The number of fused-ring (bicyclic) bond motifs is 1. The van der Waals surface area contributed by atoms with Crippen molar-refractivity contribution in [2.24, 2.45) is 7.05 Å². The summed E-state index contributed by atoms with van der Waals surface area (Å²) in [5, 5.41) is 4.93. The molecule has 1 fully saturated rings. The van der Waals surface area contributed by atoms with Crippen LogP contribution in [0.2, 0.25) is 0 Å². The van der Waals surface area contributed by atoms with Crippen molar-refractivity contribution >= 4 is 10.9 Å². The molecular weight excluding hydrogens is 234 g/mol. The van der Waals surface area contributed by atoms with Gasteiger partial charge in [0.15, 0.2) is 0 Å². The molecule has 19 heavy (non-hydrogen) atoms. The van der Waals surface area contributed by atoms with Crippen LogP contribution in [0.25, 0.3) is 10.9 Å². The van der Waals surface area contributed by atoms with Gasteiger partial charge in [0.05, 0.1) is 5.52 Å². The molecule has 0 amide bonds. The first kappa shape index (κ1) is 12.7. The summed E-state index contributed by atoms with van der Waals surface area (Å²) in [7, 11) is 4.39. The highest BCUT2D eigenvalue weighted by atomic mass is 15.2. The molecule has 1 aliphatic rings. The summed E-state index contributed by atoms with van der Waals surface area (Å²) in [5.41, 5.74) is 5.55. The third kappa shape index (κ3) is 2.07. The number of piperazine rings is 1. The zero-order chi connectivity index (χ0) is 13.6. The molecule has 0 radical (unpaired) electrons. The SMILES string of the molecule is Cc1cc(C)c2c(c1)c(C1CNCCN1C)cn2C. The highest BCUT2D eigenvalue weighted by molar-refractivity contribution is 5.88. The molecule has 102 valence electrons. The molecule has 0 saturated carbocycles. The highest BCUT2D eigenvalue weighted by Gasteiger charge is 2.24. The van der Waals surface area contributed by atoms with Crippen LogP contribution in [0.5, 0.6) is 0 Å². The Morgan fingerprint density at radius 1 is 1.21 bits per heavy atom. The van der Waals surface area contributed by atoms with E-state index in [4.69, 9.17) is 0 Å². The minimum Gasteiger partial charge on any atom is -0.350 e. The van der Waals surface area contributed by atoms with Gasteiger partial charge in [-0.1, -0.05) is 11.6 Å². The van der Waals surface area contributed by atoms with Gasteiger partial charge in [-0.15, -0.1) is 0 Å². The average molecular weight is 257 g/mol. The standard InChI is InChI=1S/C16H23N3/c1-11-7-12(2)16-13(8-11)14(10-19(16)4)15-9-17-5-6-18(15)3/h7-8,10,15,17H,5-6,9H2,1-4H3. The predicted octanol–water partition coefficient (Wildman–Crippen LogP) is 2.37. The summed E-state index contributed by atoms with van der Waals surface area (Å²) in [6.07, 6.45) is 2.31. The number of likely N-dealkylation sites (N-methyl/N-ethyl adjacent to an activating group) is 1. The second-order valence-electron chi connectivity index (χ2n) is 5.87. The summed E-state index contributed by atoms with van der Waals surface area (Å²) in [6, 6.07) is 5.09. The second kappa shape index (κ2) is 4.66. The van der Waals surface area contributed by atoms with Gasteiger partial charge in [-0.05, 0) is 38.1 Å². The lowest BCUT2D eigenvalue weighted by molar-refractivity contribution is 0.203. The lowest BCUT2D eigenvalue weighted by Gasteiger charge is -2.33. The van der Waals surface area contributed by atoms with Gasteiger partial charge < -0.3 is 9.88 Å². The molecule has 0 bridgehead atoms. The maximum atomic E-state index is 3.52. The summed E-state index contributed by atoms with van der Waals surface area (Å²) < 4.78 is 2.28. The molecule has 1 aliphatic heterocycles. The summed E-state index contributed by atoms with van der Waals surface area (Å²) in [4.78, 5) is 2.46. The van der Waals surface area contributed by atoms with E-state index in [0.717, 1.165) is 19.6 Å². The zero-order valence-electron chi connectivity index (χ0n) is 12.3. The van der Waals surface area contributed by atoms with Crippen LogP contribution in [-0.4, -0.2) is 36.1 Å². The predicted molar refractivity (Wildman–Crippen MR) is 80.6 cm³/mol. The number of rotatable bonds is 1. The molecule has 3 rings (SSSR count). The smallest absolute Gasteiger partial charge is 0.0511 e. The molecule has 1 saturated heterocycles. The van der Waals surface area contributed by atoms with Crippen molar-refractivity contribution in [1.82, 2.24) is 14.8 Å². The number of aromatic nitrogens is 1. The molecule has 2 heterocycles. The first-order chi connectivity index (χ1) is 9.08.